The lowest BCUT2D eigenvalue weighted by atomic mass is 10.1. The van der Waals surface area contributed by atoms with E-state index in [9.17, 15) is 5.11 Å². The van der Waals surface area contributed by atoms with Crippen LogP contribution in [0.2, 0.25) is 0 Å². The van der Waals surface area contributed by atoms with Crippen molar-refractivity contribution in [1.82, 2.24) is 0 Å². The molecule has 4 nitrogen and oxygen atoms in total. The second-order valence-corrected chi connectivity index (χ2v) is 2.64. The van der Waals surface area contributed by atoms with Crippen molar-refractivity contribution in [2.75, 3.05) is 6.79 Å². The summed E-state index contributed by atoms with van der Waals surface area (Å²) in [6.07, 6.45) is -1.10. The highest BCUT2D eigenvalue weighted by molar-refractivity contribution is 5.45. The maximum Gasteiger partial charge on any atom is 0.231 e. The number of aliphatic hydroxyl groups excluding tert-OH is 1. The second-order valence-electron chi connectivity index (χ2n) is 2.64. The zero-order valence-electron chi connectivity index (χ0n) is 6.73. The molecule has 2 rings (SSSR count). The maximum atomic E-state index is 9.20. The molecular weight excluding hydrogens is 170 g/mol. The average Bonchev–Trinajstić information content (AvgIpc) is 2.63. The number of rotatable bonds is 1. The third-order valence-electron chi connectivity index (χ3n) is 1.83. The molecule has 1 aromatic carbocycles. The summed E-state index contributed by atoms with van der Waals surface area (Å²) in [6, 6.07) is 6.66. The molecule has 1 aromatic rings. The lowest BCUT2D eigenvalue weighted by Crippen LogP contribution is -1.93. The predicted octanol–water partition coefficient (Wildman–Crippen LogP) is 0.972. The first-order chi connectivity index (χ1) is 6.31. The van der Waals surface area contributed by atoms with Gasteiger partial charge in [-0.05, 0) is 17.7 Å². The van der Waals surface area contributed by atoms with E-state index >= 15 is 0 Å². The van der Waals surface area contributed by atoms with E-state index in [1.54, 1.807) is 24.3 Å². The van der Waals surface area contributed by atoms with Gasteiger partial charge in [0.1, 0.15) is 0 Å². The number of nitriles is 1. The Kier molecular flexibility index (Phi) is 1.80. The van der Waals surface area contributed by atoms with E-state index in [0.29, 0.717) is 17.1 Å². The Morgan fingerprint density at radius 3 is 2.92 bits per heavy atom. The minimum atomic E-state index is -1.10. The fourth-order valence-corrected chi connectivity index (χ4v) is 1.16. The van der Waals surface area contributed by atoms with Gasteiger partial charge in [0, 0.05) is 0 Å². The van der Waals surface area contributed by atoms with E-state index in [-0.39, 0.29) is 6.79 Å². The quantitative estimate of drug-likeness (QED) is 0.649. The van der Waals surface area contributed by atoms with Crippen LogP contribution in [0, 0.1) is 11.3 Å². The van der Waals surface area contributed by atoms with Gasteiger partial charge in [0.25, 0.3) is 0 Å². The van der Waals surface area contributed by atoms with Gasteiger partial charge in [-0.2, -0.15) is 5.26 Å². The molecule has 4 heteroatoms. The smallest absolute Gasteiger partial charge is 0.231 e. The van der Waals surface area contributed by atoms with Gasteiger partial charge in [0.2, 0.25) is 6.79 Å². The minimum absolute atomic E-state index is 0.196. The molecule has 0 saturated carbocycles. The zero-order valence-corrected chi connectivity index (χ0v) is 6.73. The van der Waals surface area contributed by atoms with Crippen molar-refractivity contribution in [3.63, 3.8) is 0 Å². The zero-order chi connectivity index (χ0) is 9.26. The van der Waals surface area contributed by atoms with Crippen LogP contribution < -0.4 is 9.47 Å². The monoisotopic (exact) mass is 177 g/mol. The largest absolute Gasteiger partial charge is 0.454 e. The summed E-state index contributed by atoms with van der Waals surface area (Å²) in [6.45, 7) is 0.196. The second kappa shape index (κ2) is 2.96. The molecule has 0 aromatic heterocycles. The van der Waals surface area contributed by atoms with Crippen molar-refractivity contribution in [1.29, 1.82) is 5.26 Å². The van der Waals surface area contributed by atoms with Crippen molar-refractivity contribution in [3.8, 4) is 17.6 Å². The molecule has 0 radical (unpaired) electrons. The van der Waals surface area contributed by atoms with Crippen molar-refractivity contribution >= 4 is 0 Å². The fourth-order valence-electron chi connectivity index (χ4n) is 1.16. The van der Waals surface area contributed by atoms with E-state index in [2.05, 4.69) is 0 Å². The van der Waals surface area contributed by atoms with Crippen molar-refractivity contribution in [2.24, 2.45) is 0 Å². The Labute approximate surface area is 74.9 Å². The van der Waals surface area contributed by atoms with Gasteiger partial charge < -0.3 is 14.6 Å². The third kappa shape index (κ3) is 1.30. The number of fused-ring (bicyclic) bond motifs is 1. The number of benzene rings is 1. The molecule has 0 bridgehead atoms. The van der Waals surface area contributed by atoms with Gasteiger partial charge in [-0.15, -0.1) is 0 Å². The maximum absolute atomic E-state index is 9.20. The third-order valence-corrected chi connectivity index (χ3v) is 1.83. The van der Waals surface area contributed by atoms with E-state index < -0.39 is 6.10 Å². The van der Waals surface area contributed by atoms with Crippen LogP contribution in [0.1, 0.15) is 11.7 Å². The van der Waals surface area contributed by atoms with Crippen molar-refractivity contribution in [3.05, 3.63) is 23.8 Å². The van der Waals surface area contributed by atoms with E-state index in [1.165, 1.54) is 0 Å². The Morgan fingerprint density at radius 2 is 2.15 bits per heavy atom. The van der Waals surface area contributed by atoms with Crippen LogP contribution >= 0.6 is 0 Å². The van der Waals surface area contributed by atoms with E-state index in [1.807, 2.05) is 0 Å². The van der Waals surface area contributed by atoms with Gasteiger partial charge in [-0.25, -0.2) is 0 Å². The Balaban J connectivity index is 2.37. The number of aliphatic hydroxyl groups is 1. The van der Waals surface area contributed by atoms with Gasteiger partial charge in [-0.3, -0.25) is 0 Å². The van der Waals surface area contributed by atoms with E-state index in [4.69, 9.17) is 14.7 Å². The SMILES string of the molecule is N#CC(O)c1ccc2c(c1)OCO2. The molecule has 0 spiro atoms. The lowest BCUT2D eigenvalue weighted by Gasteiger charge is -2.02. The Morgan fingerprint density at radius 1 is 1.38 bits per heavy atom. The molecule has 1 unspecified atom stereocenters. The molecule has 13 heavy (non-hydrogen) atoms. The molecule has 0 fully saturated rings. The first-order valence-corrected chi connectivity index (χ1v) is 3.78. The number of hydrogen-bond acceptors (Lipinski definition) is 4. The summed E-state index contributed by atoms with van der Waals surface area (Å²) in [7, 11) is 0. The summed E-state index contributed by atoms with van der Waals surface area (Å²) in [5.74, 6) is 1.22. The van der Waals surface area contributed by atoms with Crippen LogP contribution in [-0.2, 0) is 0 Å². The lowest BCUT2D eigenvalue weighted by molar-refractivity contribution is 0.173. The summed E-state index contributed by atoms with van der Waals surface area (Å²) < 4.78 is 10.2. The molecule has 1 N–H and O–H groups in total. The minimum Gasteiger partial charge on any atom is -0.454 e. The number of ether oxygens (including phenoxy) is 2. The van der Waals surface area contributed by atoms with Gasteiger partial charge in [0.05, 0.1) is 6.07 Å². The Bertz CT molecular complexity index is 370. The molecule has 0 saturated heterocycles. The Hall–Kier alpha value is -1.73. The summed E-state index contributed by atoms with van der Waals surface area (Å²) in [5.41, 5.74) is 0.520. The molecule has 0 amide bonds. The van der Waals surface area contributed by atoms with Gasteiger partial charge >= 0.3 is 0 Å². The molecule has 66 valence electrons. The van der Waals surface area contributed by atoms with Crippen LogP contribution in [0.25, 0.3) is 0 Å². The molecule has 1 atom stereocenters. The van der Waals surface area contributed by atoms with Gasteiger partial charge in [-0.1, -0.05) is 6.07 Å². The first kappa shape index (κ1) is 7.90. The normalized spacial score (nSPS) is 15.1. The predicted molar refractivity (Wildman–Crippen MR) is 43.1 cm³/mol. The molecule has 1 heterocycles. The molecule has 1 aliphatic rings. The number of nitrogens with zero attached hydrogens (tertiary/aromatic N) is 1. The molecule has 0 aliphatic carbocycles. The van der Waals surface area contributed by atoms with Crippen LogP contribution in [0.4, 0.5) is 0 Å². The van der Waals surface area contributed by atoms with Crippen molar-refractivity contribution in [2.45, 2.75) is 6.10 Å². The average molecular weight is 177 g/mol. The summed E-state index contributed by atoms with van der Waals surface area (Å²) in [5, 5.41) is 17.7. The van der Waals surface area contributed by atoms with Crippen LogP contribution in [0.3, 0.4) is 0 Å². The van der Waals surface area contributed by atoms with Crippen molar-refractivity contribution < 1.29 is 14.6 Å². The standard InChI is InChI=1S/C9H7NO3/c10-4-7(11)6-1-2-8-9(3-6)13-5-12-8/h1-3,7,11H,5H2. The fraction of sp³-hybridized carbons (Fsp3) is 0.222. The highest BCUT2D eigenvalue weighted by atomic mass is 16.7. The van der Waals surface area contributed by atoms with Crippen LogP contribution in [0.15, 0.2) is 18.2 Å². The molecular formula is C9H7NO3. The first-order valence-electron chi connectivity index (χ1n) is 3.78. The van der Waals surface area contributed by atoms with Crippen LogP contribution in [0.5, 0.6) is 11.5 Å². The molecule has 1 aliphatic heterocycles. The summed E-state index contributed by atoms with van der Waals surface area (Å²) >= 11 is 0. The highest BCUT2D eigenvalue weighted by Crippen LogP contribution is 2.33. The highest BCUT2D eigenvalue weighted by Gasteiger charge is 2.15. The topological polar surface area (TPSA) is 62.5 Å². The summed E-state index contributed by atoms with van der Waals surface area (Å²) in [4.78, 5) is 0. The van der Waals surface area contributed by atoms with Gasteiger partial charge in [0.15, 0.2) is 17.6 Å². The van der Waals surface area contributed by atoms with E-state index in [0.717, 1.165) is 0 Å². The number of hydrogen-bond donors (Lipinski definition) is 1. The van der Waals surface area contributed by atoms with Crippen LogP contribution in [-0.4, -0.2) is 11.9 Å².